The number of rotatable bonds is 5. The van der Waals surface area contributed by atoms with Crippen LogP contribution in [0, 0.1) is 6.92 Å². The van der Waals surface area contributed by atoms with E-state index in [-0.39, 0.29) is 6.03 Å². The monoisotopic (exact) mass is 344 g/mol. The van der Waals surface area contributed by atoms with Gasteiger partial charge in [-0.25, -0.2) is 9.78 Å². The van der Waals surface area contributed by atoms with Crippen LogP contribution in [0.5, 0.6) is 0 Å². The van der Waals surface area contributed by atoms with E-state index in [0.717, 1.165) is 17.9 Å². The van der Waals surface area contributed by atoms with Crippen LogP contribution < -0.4 is 15.5 Å². The molecule has 2 aromatic rings. The zero-order valence-electron chi connectivity index (χ0n) is 14.6. The van der Waals surface area contributed by atoms with Crippen molar-refractivity contribution in [2.24, 2.45) is 0 Å². The Morgan fingerprint density at radius 3 is 3.00 bits per heavy atom. The van der Waals surface area contributed by atoms with E-state index in [2.05, 4.69) is 42.9 Å². The molecule has 0 saturated carbocycles. The first-order valence-corrected chi connectivity index (χ1v) is 8.62. The first kappa shape index (κ1) is 17.1. The zero-order chi connectivity index (χ0) is 17.6. The summed E-state index contributed by atoms with van der Waals surface area (Å²) in [4.78, 5) is 20.3. The Balaban J connectivity index is 1.54. The lowest BCUT2D eigenvalue weighted by molar-refractivity contribution is 0.251. The lowest BCUT2D eigenvalue weighted by Gasteiger charge is -2.35. The fourth-order valence-electron chi connectivity index (χ4n) is 3.09. The second-order valence-electron chi connectivity index (χ2n) is 6.32. The van der Waals surface area contributed by atoms with Crippen LogP contribution in [0.3, 0.4) is 0 Å². The number of tetrazole rings is 1. The number of amides is 2. The number of urea groups is 1. The molecule has 0 aliphatic carbocycles. The van der Waals surface area contributed by atoms with E-state index in [9.17, 15) is 4.79 Å². The quantitative estimate of drug-likeness (QED) is 0.854. The molecule has 0 radical (unpaired) electrons. The molecule has 2 amide bonds. The van der Waals surface area contributed by atoms with E-state index in [0.29, 0.717) is 24.8 Å². The molecular formula is C16H24N8O. The van der Waals surface area contributed by atoms with Gasteiger partial charge in [-0.1, -0.05) is 0 Å². The van der Waals surface area contributed by atoms with E-state index in [4.69, 9.17) is 0 Å². The molecule has 1 aliphatic rings. The second kappa shape index (κ2) is 7.91. The Morgan fingerprint density at radius 2 is 2.28 bits per heavy atom. The molecule has 0 unspecified atom stereocenters. The molecule has 3 rings (SSSR count). The van der Waals surface area contributed by atoms with Crippen LogP contribution in [0.15, 0.2) is 18.6 Å². The van der Waals surface area contributed by atoms with E-state index in [1.807, 2.05) is 13.0 Å². The van der Waals surface area contributed by atoms with Crippen LogP contribution in [0.1, 0.15) is 31.7 Å². The maximum Gasteiger partial charge on any atom is 0.319 e. The molecule has 25 heavy (non-hydrogen) atoms. The number of hydrogen-bond donors (Lipinski definition) is 2. The Bertz CT molecular complexity index is 702. The van der Waals surface area contributed by atoms with Crippen LogP contribution in [0.2, 0.25) is 0 Å². The minimum atomic E-state index is -0.277. The van der Waals surface area contributed by atoms with Crippen molar-refractivity contribution in [3.05, 3.63) is 24.2 Å². The molecule has 9 nitrogen and oxygen atoms in total. The first-order chi connectivity index (χ1) is 12.1. The molecule has 2 aromatic heterocycles. The Morgan fingerprint density at radius 1 is 1.40 bits per heavy atom. The average Bonchev–Trinajstić information content (AvgIpc) is 3.09. The molecule has 0 spiro atoms. The predicted molar refractivity (Wildman–Crippen MR) is 94.5 cm³/mol. The van der Waals surface area contributed by atoms with Crippen molar-refractivity contribution in [2.45, 2.75) is 45.7 Å². The lowest BCUT2D eigenvalue weighted by atomic mass is 10.0. The fourth-order valence-corrected chi connectivity index (χ4v) is 3.09. The molecule has 2 N–H and O–H groups in total. The standard InChI is InChI=1S/C16H24N8O/c1-12-9-14(10-18-15(12)23-7-4-3-5-13(23)2)21-16(25)17-6-8-24-20-11-19-22-24/h9-11,13H,3-8H2,1-2H3,(H2,17,21,25)/t13-/m0/s1. The number of carbonyl (C=O) groups is 1. The van der Waals surface area contributed by atoms with Gasteiger partial charge in [0.05, 0.1) is 18.4 Å². The molecular weight excluding hydrogens is 320 g/mol. The van der Waals surface area contributed by atoms with Crippen molar-refractivity contribution in [2.75, 3.05) is 23.3 Å². The van der Waals surface area contributed by atoms with E-state index in [1.165, 1.54) is 30.4 Å². The largest absolute Gasteiger partial charge is 0.354 e. The highest BCUT2D eigenvalue weighted by molar-refractivity contribution is 5.89. The average molecular weight is 344 g/mol. The number of carbonyl (C=O) groups excluding carboxylic acids is 1. The van der Waals surface area contributed by atoms with Crippen LogP contribution in [0.25, 0.3) is 0 Å². The summed E-state index contributed by atoms with van der Waals surface area (Å²) in [5, 5.41) is 16.8. The summed E-state index contributed by atoms with van der Waals surface area (Å²) in [5.41, 5.74) is 1.75. The first-order valence-electron chi connectivity index (χ1n) is 8.62. The van der Waals surface area contributed by atoms with Gasteiger partial charge < -0.3 is 15.5 Å². The Labute approximate surface area is 146 Å². The molecule has 1 fully saturated rings. The van der Waals surface area contributed by atoms with Crippen molar-refractivity contribution >= 4 is 17.5 Å². The molecule has 1 saturated heterocycles. The molecule has 1 aliphatic heterocycles. The summed E-state index contributed by atoms with van der Waals surface area (Å²) < 4.78 is 0. The number of nitrogens with one attached hydrogen (secondary N) is 2. The van der Waals surface area contributed by atoms with Gasteiger partial charge in [0.25, 0.3) is 0 Å². The van der Waals surface area contributed by atoms with E-state index in [1.54, 1.807) is 6.20 Å². The summed E-state index contributed by atoms with van der Waals surface area (Å²) in [6.45, 7) is 6.19. The van der Waals surface area contributed by atoms with Gasteiger partial charge in [-0.2, -0.15) is 4.80 Å². The van der Waals surface area contributed by atoms with Gasteiger partial charge in [-0.15, -0.1) is 10.2 Å². The minimum absolute atomic E-state index is 0.277. The van der Waals surface area contributed by atoms with Crippen molar-refractivity contribution in [1.29, 1.82) is 0 Å². The highest BCUT2D eigenvalue weighted by Gasteiger charge is 2.21. The highest BCUT2D eigenvalue weighted by atomic mass is 16.2. The Kier molecular flexibility index (Phi) is 5.42. The topological polar surface area (TPSA) is 101 Å². The van der Waals surface area contributed by atoms with Gasteiger partial charge in [0.2, 0.25) is 0 Å². The van der Waals surface area contributed by atoms with Gasteiger partial charge in [0.15, 0.2) is 6.33 Å². The third-order valence-electron chi connectivity index (χ3n) is 4.37. The second-order valence-corrected chi connectivity index (χ2v) is 6.32. The van der Waals surface area contributed by atoms with Gasteiger partial charge in [0.1, 0.15) is 5.82 Å². The summed E-state index contributed by atoms with van der Waals surface area (Å²) in [5.74, 6) is 1.01. The zero-order valence-corrected chi connectivity index (χ0v) is 14.6. The summed E-state index contributed by atoms with van der Waals surface area (Å²) in [7, 11) is 0. The molecule has 9 heteroatoms. The smallest absolute Gasteiger partial charge is 0.319 e. The third kappa shape index (κ3) is 4.43. The SMILES string of the molecule is Cc1cc(NC(=O)NCCn2ncnn2)cnc1N1CCCC[C@@H]1C. The third-order valence-corrected chi connectivity index (χ3v) is 4.37. The van der Waals surface area contributed by atoms with Gasteiger partial charge in [-0.05, 0) is 50.0 Å². The Hall–Kier alpha value is -2.71. The van der Waals surface area contributed by atoms with Crippen molar-refractivity contribution in [3.63, 3.8) is 0 Å². The summed E-state index contributed by atoms with van der Waals surface area (Å²) in [6.07, 6.45) is 6.75. The van der Waals surface area contributed by atoms with Crippen LogP contribution in [-0.2, 0) is 6.54 Å². The van der Waals surface area contributed by atoms with Crippen LogP contribution >= 0.6 is 0 Å². The van der Waals surface area contributed by atoms with Gasteiger partial charge in [-0.3, -0.25) is 0 Å². The molecule has 0 aromatic carbocycles. The van der Waals surface area contributed by atoms with Gasteiger partial charge in [0, 0.05) is 19.1 Å². The number of pyridine rings is 1. The predicted octanol–water partition coefficient (Wildman–Crippen LogP) is 1.58. The molecule has 1 atom stereocenters. The maximum absolute atomic E-state index is 12.0. The number of piperidine rings is 1. The van der Waals surface area contributed by atoms with Crippen molar-refractivity contribution < 1.29 is 4.79 Å². The lowest BCUT2D eigenvalue weighted by Crippen LogP contribution is -2.38. The normalized spacial score (nSPS) is 17.4. The fraction of sp³-hybridized carbons (Fsp3) is 0.562. The summed E-state index contributed by atoms with van der Waals surface area (Å²) in [6, 6.07) is 2.19. The molecule has 134 valence electrons. The molecule has 0 bridgehead atoms. The number of nitrogens with zero attached hydrogens (tertiary/aromatic N) is 6. The number of hydrogen-bond acceptors (Lipinski definition) is 6. The van der Waals surface area contributed by atoms with Crippen LogP contribution in [-0.4, -0.2) is 50.4 Å². The van der Waals surface area contributed by atoms with Crippen molar-refractivity contribution in [1.82, 2.24) is 30.5 Å². The number of aromatic nitrogens is 5. The molecule has 3 heterocycles. The number of anilines is 2. The van der Waals surface area contributed by atoms with Crippen molar-refractivity contribution in [3.8, 4) is 0 Å². The summed E-state index contributed by atoms with van der Waals surface area (Å²) >= 11 is 0. The van der Waals surface area contributed by atoms with E-state index >= 15 is 0 Å². The van der Waals surface area contributed by atoms with E-state index < -0.39 is 0 Å². The number of aryl methyl sites for hydroxylation is 1. The maximum atomic E-state index is 12.0. The van der Waals surface area contributed by atoms with Crippen LogP contribution in [0.4, 0.5) is 16.3 Å². The van der Waals surface area contributed by atoms with Gasteiger partial charge >= 0.3 is 6.03 Å². The highest BCUT2D eigenvalue weighted by Crippen LogP contribution is 2.27. The minimum Gasteiger partial charge on any atom is -0.354 e.